The van der Waals surface area contributed by atoms with Crippen molar-refractivity contribution in [3.05, 3.63) is 108 Å². The molecular weight excluding hydrogens is 540 g/mol. The number of hydrogen-bond donors (Lipinski definition) is 0. The van der Waals surface area contributed by atoms with Gasteiger partial charge >= 0.3 is 51.4 Å². The molecule has 0 saturated heterocycles. The summed E-state index contributed by atoms with van der Waals surface area (Å²) in [5, 5.41) is 10.1. The Morgan fingerprint density at radius 1 is 0.595 bits per heavy atom. The van der Waals surface area contributed by atoms with Crippen molar-refractivity contribution in [2.75, 3.05) is 0 Å². The van der Waals surface area contributed by atoms with Crippen LogP contribution in [0, 0.1) is 0 Å². The Labute approximate surface area is 298 Å². The fraction of sp³-hybridized carbons (Fsp3) is 0.421. The van der Waals surface area contributed by atoms with Gasteiger partial charge in [0.1, 0.15) is 0 Å². The van der Waals surface area contributed by atoms with Gasteiger partial charge in [-0.1, -0.05) is 132 Å². The van der Waals surface area contributed by atoms with Crippen molar-refractivity contribution in [1.29, 1.82) is 0 Å². The van der Waals surface area contributed by atoms with Crippen LogP contribution in [0.3, 0.4) is 0 Å². The van der Waals surface area contributed by atoms with Crippen LogP contribution in [-0.2, 0) is 0 Å². The number of benzene rings is 2. The zero-order chi connectivity index (χ0) is 29.8. The molecule has 0 unspecified atom stereocenters. The van der Waals surface area contributed by atoms with Gasteiger partial charge in [0.05, 0.1) is 11.4 Å². The van der Waals surface area contributed by atoms with E-state index < -0.39 is 11.5 Å². The summed E-state index contributed by atoms with van der Waals surface area (Å²) in [6.07, 6.45) is 16.0. The Morgan fingerprint density at radius 3 is 1.48 bits per heavy atom. The normalized spacial score (nSPS) is 16.8. The van der Waals surface area contributed by atoms with E-state index in [4.69, 9.17) is 1.37 Å². The van der Waals surface area contributed by atoms with Crippen LogP contribution < -0.4 is 56.5 Å². The van der Waals surface area contributed by atoms with Gasteiger partial charge in [-0.15, -0.1) is 5.60 Å². The Morgan fingerprint density at radius 2 is 1.00 bits per heavy atom. The summed E-state index contributed by atoms with van der Waals surface area (Å²) < 4.78 is 8.81. The van der Waals surface area contributed by atoms with E-state index in [1.165, 1.54) is 55.3 Å². The third-order valence-corrected chi connectivity index (χ3v) is 7.62. The molecule has 6 rings (SSSR count). The van der Waals surface area contributed by atoms with Gasteiger partial charge in [0.15, 0.2) is 0 Å². The number of pyridine rings is 2. The first-order valence-electron chi connectivity index (χ1n) is 16.0. The Balaban J connectivity index is 0.000000200. The molecule has 0 bridgehead atoms. The zero-order valence-corrected chi connectivity index (χ0v) is 29.3. The van der Waals surface area contributed by atoms with E-state index in [9.17, 15) is 5.11 Å². The molecule has 0 amide bonds. The van der Waals surface area contributed by atoms with Crippen LogP contribution in [0.15, 0.2) is 97.3 Å². The van der Waals surface area contributed by atoms with E-state index >= 15 is 0 Å². The molecule has 2 aliphatic rings. The SMILES string of the molecule is CC(C)(C)[O-].[2H]C1(c2cccnc2-c2ccccc2)CCCCC1.[K+].c1ccc(-c2ncccc2C2CCCCC2)cc1. The van der Waals surface area contributed by atoms with Crippen LogP contribution in [0.5, 0.6) is 0 Å². The molecule has 4 aromatic rings. The van der Waals surface area contributed by atoms with Crippen LogP contribution in [0.4, 0.5) is 0 Å². The Kier molecular flexibility index (Phi) is 14.4. The monoisotopic (exact) mass is 587 g/mol. The Bertz CT molecular complexity index is 1340. The van der Waals surface area contributed by atoms with E-state index in [-0.39, 0.29) is 51.4 Å². The van der Waals surface area contributed by atoms with E-state index in [2.05, 4.69) is 70.6 Å². The molecule has 2 aromatic carbocycles. The van der Waals surface area contributed by atoms with Gasteiger partial charge in [0, 0.05) is 24.9 Å². The van der Waals surface area contributed by atoms with Crippen LogP contribution in [0.2, 0.25) is 0 Å². The first-order chi connectivity index (χ1) is 20.2. The predicted octanol–water partition coefficient (Wildman–Crippen LogP) is 6.74. The van der Waals surface area contributed by atoms with Crippen molar-refractivity contribution in [3.63, 3.8) is 0 Å². The summed E-state index contributed by atoms with van der Waals surface area (Å²) >= 11 is 0. The molecule has 0 aliphatic heterocycles. The summed E-state index contributed by atoms with van der Waals surface area (Å²) in [7, 11) is 0. The standard InChI is InChI=1S/2C17H19N.C4H9O.K/c2*1-3-8-14(9-4-1)16-12-7-13-18-17(16)15-10-5-2-6-11-15;1-4(2,3)5;/h2*2,5-7,10-14H,1,3-4,8-9H2;1-3H3;/q;;-1;+1/i14D;;;. The zero-order valence-electron chi connectivity index (χ0n) is 27.2. The van der Waals surface area contributed by atoms with Crippen LogP contribution in [0.1, 0.15) is 109 Å². The molecule has 2 heterocycles. The number of aromatic nitrogens is 2. The minimum Gasteiger partial charge on any atom is -0.850 e. The smallest absolute Gasteiger partial charge is 0.850 e. The van der Waals surface area contributed by atoms with Gasteiger partial charge in [0.2, 0.25) is 0 Å². The maximum absolute atomic E-state index is 10.1. The second-order valence-electron chi connectivity index (χ2n) is 12.2. The average molecular weight is 588 g/mol. The van der Waals surface area contributed by atoms with E-state index in [1.807, 2.05) is 36.7 Å². The minimum absolute atomic E-state index is 0. The predicted molar refractivity (Wildman–Crippen MR) is 171 cm³/mol. The maximum atomic E-state index is 10.1. The van der Waals surface area contributed by atoms with E-state index in [0.29, 0.717) is 5.92 Å². The van der Waals surface area contributed by atoms with Gasteiger partial charge in [-0.25, -0.2) is 0 Å². The molecular formula is C38H47KN2O. The van der Waals surface area contributed by atoms with Gasteiger partial charge in [0.25, 0.3) is 0 Å². The molecule has 216 valence electrons. The summed E-state index contributed by atoms with van der Waals surface area (Å²) in [6.45, 7) is 4.90. The molecule has 4 heteroatoms. The number of rotatable bonds is 4. The van der Waals surface area contributed by atoms with Gasteiger partial charge < -0.3 is 5.11 Å². The largest absolute Gasteiger partial charge is 1.00 e. The summed E-state index contributed by atoms with van der Waals surface area (Å²) in [5.41, 5.74) is 6.34. The molecule has 2 fully saturated rings. The second-order valence-corrected chi connectivity index (χ2v) is 12.2. The van der Waals surface area contributed by atoms with Gasteiger partial charge in [-0.3, -0.25) is 9.97 Å². The third-order valence-electron chi connectivity index (χ3n) is 7.62. The average Bonchev–Trinajstić information content (AvgIpc) is 3.02. The van der Waals surface area contributed by atoms with Crippen LogP contribution >= 0.6 is 0 Å². The fourth-order valence-corrected chi connectivity index (χ4v) is 5.76. The third kappa shape index (κ3) is 11.4. The Hall–Kier alpha value is -1.66. The fourth-order valence-electron chi connectivity index (χ4n) is 5.76. The molecule has 42 heavy (non-hydrogen) atoms. The van der Waals surface area contributed by atoms with Crippen LogP contribution in [-0.4, -0.2) is 15.6 Å². The van der Waals surface area contributed by atoms with E-state index in [1.54, 1.807) is 20.8 Å². The molecule has 2 aromatic heterocycles. The maximum Gasteiger partial charge on any atom is 1.00 e. The molecule has 0 radical (unpaired) electrons. The van der Waals surface area contributed by atoms with Crippen molar-refractivity contribution < 1.29 is 57.9 Å². The molecule has 0 N–H and O–H groups in total. The summed E-state index contributed by atoms with van der Waals surface area (Å²) in [6, 6.07) is 29.2. The topological polar surface area (TPSA) is 48.8 Å². The number of nitrogens with zero attached hydrogens (tertiary/aromatic N) is 2. The first kappa shape index (κ1) is 33.2. The second kappa shape index (κ2) is 18.2. The van der Waals surface area contributed by atoms with Gasteiger partial charge in [-0.2, -0.15) is 0 Å². The summed E-state index contributed by atoms with van der Waals surface area (Å²) in [4.78, 5) is 9.17. The van der Waals surface area contributed by atoms with Crippen LogP contribution in [0.25, 0.3) is 22.5 Å². The molecule has 2 saturated carbocycles. The number of hydrogen-bond acceptors (Lipinski definition) is 3. The van der Waals surface area contributed by atoms with Crippen molar-refractivity contribution in [2.45, 2.75) is 102 Å². The minimum atomic E-state index is -0.750. The first-order valence-corrected chi connectivity index (χ1v) is 15.5. The molecule has 0 atom stereocenters. The van der Waals surface area contributed by atoms with Gasteiger partial charge in [-0.05, 0) is 60.8 Å². The van der Waals surface area contributed by atoms with Crippen molar-refractivity contribution in [1.82, 2.24) is 9.97 Å². The molecule has 2 aliphatic carbocycles. The van der Waals surface area contributed by atoms with Crippen molar-refractivity contribution in [2.24, 2.45) is 0 Å². The quantitative estimate of drug-likeness (QED) is 0.249. The molecule has 3 nitrogen and oxygen atoms in total. The summed E-state index contributed by atoms with van der Waals surface area (Å²) in [5.74, 6) is 0.264. The molecule has 0 spiro atoms. The van der Waals surface area contributed by atoms with Crippen molar-refractivity contribution >= 4 is 0 Å². The van der Waals surface area contributed by atoms with Crippen molar-refractivity contribution in [3.8, 4) is 22.5 Å². The van der Waals surface area contributed by atoms with E-state index in [0.717, 1.165) is 42.5 Å².